The highest BCUT2D eigenvalue weighted by Crippen LogP contribution is 2.39. The largest absolute Gasteiger partial charge is 0.317 e. The summed E-state index contributed by atoms with van der Waals surface area (Å²) >= 11 is 0. The highest BCUT2D eigenvalue weighted by Gasteiger charge is 2.29. The third-order valence-corrected chi connectivity index (χ3v) is 3.45. The SMILES string of the molecule is CC(C)(C)C1CCC(CNO)CC1. The van der Waals surface area contributed by atoms with Crippen molar-refractivity contribution in [2.45, 2.75) is 46.5 Å². The van der Waals surface area contributed by atoms with Gasteiger partial charge in [0.2, 0.25) is 0 Å². The molecule has 0 spiro atoms. The van der Waals surface area contributed by atoms with Gasteiger partial charge >= 0.3 is 0 Å². The summed E-state index contributed by atoms with van der Waals surface area (Å²) in [6.07, 6.45) is 5.21. The molecule has 2 N–H and O–H groups in total. The average molecular weight is 185 g/mol. The molecule has 13 heavy (non-hydrogen) atoms. The van der Waals surface area contributed by atoms with Crippen molar-refractivity contribution < 1.29 is 5.21 Å². The monoisotopic (exact) mass is 185 g/mol. The van der Waals surface area contributed by atoms with Gasteiger partial charge < -0.3 is 5.21 Å². The molecule has 0 amide bonds. The van der Waals surface area contributed by atoms with Crippen LogP contribution in [0.4, 0.5) is 0 Å². The van der Waals surface area contributed by atoms with Crippen molar-refractivity contribution >= 4 is 0 Å². The molecular formula is C11H23NO. The second kappa shape index (κ2) is 4.43. The van der Waals surface area contributed by atoms with E-state index in [0.29, 0.717) is 11.3 Å². The predicted molar refractivity (Wildman–Crippen MR) is 54.7 cm³/mol. The standard InChI is InChI=1S/C11H23NO/c1-11(2,3)10-6-4-9(5-7-10)8-12-13/h9-10,12-13H,4-8H2,1-3H3. The van der Waals surface area contributed by atoms with Gasteiger partial charge in [0.25, 0.3) is 0 Å². The van der Waals surface area contributed by atoms with Crippen LogP contribution >= 0.6 is 0 Å². The molecule has 0 atom stereocenters. The Labute approximate surface area is 81.7 Å². The molecule has 1 rings (SSSR count). The molecule has 1 fully saturated rings. The van der Waals surface area contributed by atoms with Crippen LogP contribution in [0.2, 0.25) is 0 Å². The second-order valence-corrected chi connectivity index (χ2v) is 5.45. The van der Waals surface area contributed by atoms with Gasteiger partial charge in [-0.2, -0.15) is 0 Å². The Morgan fingerprint density at radius 3 is 2.08 bits per heavy atom. The van der Waals surface area contributed by atoms with Gasteiger partial charge in [-0.3, -0.25) is 0 Å². The molecule has 2 nitrogen and oxygen atoms in total. The van der Waals surface area contributed by atoms with Crippen LogP contribution in [-0.4, -0.2) is 11.8 Å². The van der Waals surface area contributed by atoms with E-state index in [9.17, 15) is 0 Å². The van der Waals surface area contributed by atoms with Gasteiger partial charge in [0, 0.05) is 6.54 Å². The van der Waals surface area contributed by atoms with Gasteiger partial charge in [-0.25, -0.2) is 5.48 Å². The summed E-state index contributed by atoms with van der Waals surface area (Å²) < 4.78 is 0. The van der Waals surface area contributed by atoms with E-state index in [2.05, 4.69) is 26.3 Å². The van der Waals surface area contributed by atoms with E-state index in [0.717, 1.165) is 12.5 Å². The number of hydroxylamine groups is 1. The van der Waals surface area contributed by atoms with Gasteiger partial charge in [-0.15, -0.1) is 0 Å². The quantitative estimate of drug-likeness (QED) is 0.648. The molecule has 0 bridgehead atoms. The van der Waals surface area contributed by atoms with Crippen molar-refractivity contribution in [2.75, 3.05) is 6.54 Å². The first kappa shape index (κ1) is 11.0. The zero-order valence-electron chi connectivity index (χ0n) is 9.14. The van der Waals surface area contributed by atoms with Crippen LogP contribution in [0.15, 0.2) is 0 Å². The Balaban J connectivity index is 2.30. The fourth-order valence-electron chi connectivity index (χ4n) is 2.36. The lowest BCUT2D eigenvalue weighted by molar-refractivity contribution is 0.107. The number of hydrogen-bond acceptors (Lipinski definition) is 2. The summed E-state index contributed by atoms with van der Waals surface area (Å²) in [4.78, 5) is 0. The highest BCUT2D eigenvalue weighted by atomic mass is 16.5. The van der Waals surface area contributed by atoms with Gasteiger partial charge in [0.15, 0.2) is 0 Å². The van der Waals surface area contributed by atoms with Crippen molar-refractivity contribution in [1.29, 1.82) is 0 Å². The molecule has 2 heteroatoms. The van der Waals surface area contributed by atoms with Crippen molar-refractivity contribution in [3.05, 3.63) is 0 Å². The fraction of sp³-hybridized carbons (Fsp3) is 1.00. The summed E-state index contributed by atoms with van der Waals surface area (Å²) in [6.45, 7) is 7.78. The van der Waals surface area contributed by atoms with Crippen LogP contribution in [0.1, 0.15) is 46.5 Å². The predicted octanol–water partition coefficient (Wildman–Crippen LogP) is 2.82. The maximum absolute atomic E-state index is 8.59. The first-order valence-electron chi connectivity index (χ1n) is 5.41. The third-order valence-electron chi connectivity index (χ3n) is 3.45. The average Bonchev–Trinajstić information content (AvgIpc) is 2.04. The molecule has 0 unspecified atom stereocenters. The zero-order valence-corrected chi connectivity index (χ0v) is 9.14. The molecule has 0 saturated heterocycles. The number of hydrogen-bond donors (Lipinski definition) is 2. The van der Waals surface area contributed by atoms with Crippen LogP contribution < -0.4 is 5.48 Å². The topological polar surface area (TPSA) is 32.3 Å². The smallest absolute Gasteiger partial charge is 0.0235 e. The minimum absolute atomic E-state index is 0.470. The first-order valence-corrected chi connectivity index (χ1v) is 5.41. The fourth-order valence-corrected chi connectivity index (χ4v) is 2.36. The molecule has 0 aliphatic heterocycles. The van der Waals surface area contributed by atoms with Crippen LogP contribution in [-0.2, 0) is 0 Å². The summed E-state index contributed by atoms with van der Waals surface area (Å²) in [5.41, 5.74) is 2.76. The molecule has 0 aromatic heterocycles. The van der Waals surface area contributed by atoms with Crippen molar-refractivity contribution in [3.63, 3.8) is 0 Å². The van der Waals surface area contributed by atoms with E-state index >= 15 is 0 Å². The van der Waals surface area contributed by atoms with Crippen LogP contribution in [0, 0.1) is 17.3 Å². The van der Waals surface area contributed by atoms with Crippen molar-refractivity contribution in [2.24, 2.45) is 17.3 Å². The van der Waals surface area contributed by atoms with E-state index in [1.807, 2.05) is 0 Å². The van der Waals surface area contributed by atoms with Crippen LogP contribution in [0.3, 0.4) is 0 Å². The van der Waals surface area contributed by atoms with Crippen molar-refractivity contribution in [3.8, 4) is 0 Å². The molecule has 0 heterocycles. The van der Waals surface area contributed by atoms with Crippen LogP contribution in [0.5, 0.6) is 0 Å². The van der Waals surface area contributed by atoms with Gasteiger partial charge in [-0.05, 0) is 42.9 Å². The van der Waals surface area contributed by atoms with E-state index in [-0.39, 0.29) is 0 Å². The summed E-state index contributed by atoms with van der Waals surface area (Å²) in [5.74, 6) is 1.58. The summed E-state index contributed by atoms with van der Waals surface area (Å²) in [5, 5.41) is 8.59. The molecular weight excluding hydrogens is 162 g/mol. The van der Waals surface area contributed by atoms with E-state index in [1.54, 1.807) is 0 Å². The van der Waals surface area contributed by atoms with Crippen LogP contribution in [0.25, 0.3) is 0 Å². The Morgan fingerprint density at radius 2 is 1.69 bits per heavy atom. The molecule has 1 aliphatic rings. The maximum atomic E-state index is 8.59. The highest BCUT2D eigenvalue weighted by molar-refractivity contribution is 4.80. The van der Waals surface area contributed by atoms with E-state index in [4.69, 9.17) is 5.21 Å². The molecule has 0 aromatic rings. The normalized spacial score (nSPS) is 30.5. The minimum Gasteiger partial charge on any atom is -0.317 e. The summed E-state index contributed by atoms with van der Waals surface area (Å²) in [7, 11) is 0. The minimum atomic E-state index is 0.470. The summed E-state index contributed by atoms with van der Waals surface area (Å²) in [6, 6.07) is 0. The lowest BCUT2D eigenvalue weighted by Crippen LogP contribution is -2.29. The third kappa shape index (κ3) is 3.28. The second-order valence-electron chi connectivity index (χ2n) is 5.45. The van der Waals surface area contributed by atoms with Crippen molar-refractivity contribution in [1.82, 2.24) is 5.48 Å². The van der Waals surface area contributed by atoms with Gasteiger partial charge in [-0.1, -0.05) is 20.8 Å². The van der Waals surface area contributed by atoms with Gasteiger partial charge in [0.05, 0.1) is 0 Å². The lowest BCUT2D eigenvalue weighted by atomic mass is 9.70. The first-order chi connectivity index (χ1) is 6.04. The lowest BCUT2D eigenvalue weighted by Gasteiger charge is -2.36. The molecule has 1 aliphatic carbocycles. The number of nitrogens with one attached hydrogen (secondary N) is 1. The Hall–Kier alpha value is -0.0800. The molecule has 78 valence electrons. The molecule has 0 radical (unpaired) electrons. The Kier molecular flexibility index (Phi) is 3.74. The Bertz CT molecular complexity index is 143. The van der Waals surface area contributed by atoms with Gasteiger partial charge in [0.1, 0.15) is 0 Å². The number of rotatable bonds is 2. The maximum Gasteiger partial charge on any atom is 0.0235 e. The van der Waals surface area contributed by atoms with E-state index in [1.165, 1.54) is 25.7 Å². The zero-order chi connectivity index (χ0) is 9.90. The van der Waals surface area contributed by atoms with E-state index < -0.39 is 0 Å². The molecule has 0 aromatic carbocycles. The molecule has 1 saturated carbocycles. The Morgan fingerprint density at radius 1 is 1.15 bits per heavy atom.